The molecule has 0 aliphatic carbocycles. The van der Waals surface area contributed by atoms with E-state index in [1.807, 2.05) is 35.6 Å². The summed E-state index contributed by atoms with van der Waals surface area (Å²) >= 11 is 1.82. The molecule has 3 nitrogen and oxygen atoms in total. The molecule has 0 saturated heterocycles. The molecule has 0 saturated carbocycles. The van der Waals surface area contributed by atoms with Crippen LogP contribution in [0.3, 0.4) is 0 Å². The number of carbonyl (C=O) groups is 1. The van der Waals surface area contributed by atoms with Gasteiger partial charge >= 0.3 is 0 Å². The van der Waals surface area contributed by atoms with Crippen molar-refractivity contribution in [1.29, 1.82) is 0 Å². The number of aryl methyl sites for hydroxylation is 2. The maximum absolute atomic E-state index is 11.8. The highest BCUT2D eigenvalue weighted by Crippen LogP contribution is 2.21. The summed E-state index contributed by atoms with van der Waals surface area (Å²) in [6.45, 7) is 5.09. The summed E-state index contributed by atoms with van der Waals surface area (Å²) < 4.78 is 0. The summed E-state index contributed by atoms with van der Waals surface area (Å²) in [4.78, 5) is 16.1. The average Bonchev–Trinajstić information content (AvgIpc) is 2.74. The number of hydrogen-bond donors (Lipinski definition) is 1. The second-order valence-electron chi connectivity index (χ2n) is 5.07. The van der Waals surface area contributed by atoms with Crippen molar-refractivity contribution < 1.29 is 4.79 Å². The van der Waals surface area contributed by atoms with Gasteiger partial charge in [-0.3, -0.25) is 4.79 Å². The van der Waals surface area contributed by atoms with Crippen LogP contribution < -0.4 is 5.32 Å². The predicted octanol–water partition coefficient (Wildman–Crippen LogP) is 3.68. The summed E-state index contributed by atoms with van der Waals surface area (Å²) in [6, 6.07) is 9.83. The lowest BCUT2D eigenvalue weighted by Crippen LogP contribution is -2.21. The minimum Gasteiger partial charge on any atom is -0.381 e. The smallest absolute Gasteiger partial charge is 0.253 e. The van der Waals surface area contributed by atoms with Gasteiger partial charge in [0.2, 0.25) is 0 Å². The second-order valence-corrected chi connectivity index (χ2v) is 6.53. The third kappa shape index (κ3) is 3.39. The molecule has 0 bridgehead atoms. The van der Waals surface area contributed by atoms with Gasteiger partial charge in [0.05, 0.1) is 0 Å². The Morgan fingerprint density at radius 1 is 1.20 bits per heavy atom. The van der Waals surface area contributed by atoms with Crippen LogP contribution in [0.25, 0.3) is 0 Å². The Labute approximate surface area is 124 Å². The van der Waals surface area contributed by atoms with Crippen LogP contribution in [0.1, 0.15) is 25.7 Å². The Balaban J connectivity index is 2.01. The molecular formula is C16H20N2OS. The maximum Gasteiger partial charge on any atom is 0.253 e. The molecule has 1 N–H and O–H groups in total. The SMILES string of the molecule is Cc1cc(CNc2ccc(C(=O)N(C)C)cc2)c(C)s1. The van der Waals surface area contributed by atoms with Gasteiger partial charge in [-0.2, -0.15) is 0 Å². The van der Waals surface area contributed by atoms with E-state index in [-0.39, 0.29) is 5.91 Å². The Hall–Kier alpha value is -1.81. The highest BCUT2D eigenvalue weighted by Gasteiger charge is 2.07. The van der Waals surface area contributed by atoms with Crippen LogP contribution in [0.2, 0.25) is 0 Å². The van der Waals surface area contributed by atoms with Crippen molar-refractivity contribution in [2.24, 2.45) is 0 Å². The average molecular weight is 288 g/mol. The summed E-state index contributed by atoms with van der Waals surface area (Å²) in [5, 5.41) is 3.39. The Bertz CT molecular complexity index is 599. The number of thiophene rings is 1. The van der Waals surface area contributed by atoms with E-state index in [1.54, 1.807) is 19.0 Å². The van der Waals surface area contributed by atoms with Crippen molar-refractivity contribution in [2.45, 2.75) is 20.4 Å². The van der Waals surface area contributed by atoms with E-state index in [1.165, 1.54) is 15.3 Å². The number of benzene rings is 1. The van der Waals surface area contributed by atoms with Crippen LogP contribution >= 0.6 is 11.3 Å². The van der Waals surface area contributed by atoms with Crippen LogP contribution in [0, 0.1) is 13.8 Å². The van der Waals surface area contributed by atoms with E-state index in [0.29, 0.717) is 5.56 Å². The summed E-state index contributed by atoms with van der Waals surface area (Å²) in [7, 11) is 3.52. The first-order chi connectivity index (χ1) is 9.47. The third-order valence-corrected chi connectivity index (χ3v) is 4.17. The van der Waals surface area contributed by atoms with Gasteiger partial charge in [-0.05, 0) is 49.7 Å². The number of carbonyl (C=O) groups excluding carboxylic acids is 1. The van der Waals surface area contributed by atoms with Crippen LogP contribution in [-0.2, 0) is 6.54 Å². The molecule has 2 rings (SSSR count). The monoisotopic (exact) mass is 288 g/mol. The highest BCUT2D eigenvalue weighted by atomic mass is 32.1. The van der Waals surface area contributed by atoms with Gasteiger partial charge in [0.1, 0.15) is 0 Å². The van der Waals surface area contributed by atoms with Crippen LogP contribution in [0.5, 0.6) is 0 Å². The van der Waals surface area contributed by atoms with E-state index in [9.17, 15) is 4.79 Å². The minimum absolute atomic E-state index is 0.0286. The first-order valence-corrected chi connectivity index (χ1v) is 7.40. The van der Waals surface area contributed by atoms with Gasteiger partial charge in [-0.25, -0.2) is 0 Å². The molecule has 1 amide bonds. The topological polar surface area (TPSA) is 32.3 Å². The van der Waals surface area contributed by atoms with Gasteiger partial charge in [-0.15, -0.1) is 11.3 Å². The molecule has 1 aromatic carbocycles. The molecule has 2 aromatic rings. The minimum atomic E-state index is 0.0286. The first kappa shape index (κ1) is 14.6. The van der Waals surface area contributed by atoms with Gasteiger partial charge in [0, 0.05) is 41.6 Å². The van der Waals surface area contributed by atoms with E-state index in [4.69, 9.17) is 0 Å². The Morgan fingerprint density at radius 3 is 2.35 bits per heavy atom. The Morgan fingerprint density at radius 2 is 1.85 bits per heavy atom. The van der Waals surface area contributed by atoms with E-state index >= 15 is 0 Å². The Kier molecular flexibility index (Phi) is 4.45. The van der Waals surface area contributed by atoms with Crippen molar-refractivity contribution in [3.05, 3.63) is 51.2 Å². The van der Waals surface area contributed by atoms with Crippen molar-refractivity contribution in [3.8, 4) is 0 Å². The lowest BCUT2D eigenvalue weighted by Gasteiger charge is -2.11. The van der Waals surface area contributed by atoms with Gasteiger partial charge < -0.3 is 10.2 Å². The van der Waals surface area contributed by atoms with Gasteiger partial charge in [0.25, 0.3) is 5.91 Å². The predicted molar refractivity (Wildman–Crippen MR) is 85.6 cm³/mol. The van der Waals surface area contributed by atoms with E-state index < -0.39 is 0 Å². The zero-order chi connectivity index (χ0) is 14.7. The van der Waals surface area contributed by atoms with E-state index in [2.05, 4.69) is 25.2 Å². The fraction of sp³-hybridized carbons (Fsp3) is 0.312. The number of nitrogens with one attached hydrogen (secondary N) is 1. The summed E-state index contributed by atoms with van der Waals surface area (Å²) in [5.41, 5.74) is 3.08. The van der Waals surface area contributed by atoms with Crippen LogP contribution in [0.4, 0.5) is 5.69 Å². The van der Waals surface area contributed by atoms with Crippen LogP contribution in [0.15, 0.2) is 30.3 Å². The van der Waals surface area contributed by atoms with Gasteiger partial charge in [-0.1, -0.05) is 0 Å². The first-order valence-electron chi connectivity index (χ1n) is 6.59. The molecule has 0 aliphatic rings. The molecule has 0 spiro atoms. The molecule has 0 unspecified atom stereocenters. The zero-order valence-electron chi connectivity index (χ0n) is 12.4. The quantitative estimate of drug-likeness (QED) is 0.931. The summed E-state index contributed by atoms with van der Waals surface area (Å²) in [6.07, 6.45) is 0. The number of anilines is 1. The number of rotatable bonds is 4. The van der Waals surface area contributed by atoms with Crippen molar-refractivity contribution in [3.63, 3.8) is 0 Å². The lowest BCUT2D eigenvalue weighted by atomic mass is 10.2. The molecule has 4 heteroatoms. The molecule has 0 radical (unpaired) electrons. The third-order valence-electron chi connectivity index (χ3n) is 3.16. The molecule has 0 fully saturated rings. The van der Waals surface area contributed by atoms with Crippen molar-refractivity contribution >= 4 is 22.9 Å². The standard InChI is InChI=1S/C16H20N2OS/c1-11-9-14(12(2)20-11)10-17-15-7-5-13(6-8-15)16(19)18(3)4/h5-9,17H,10H2,1-4H3. The molecule has 20 heavy (non-hydrogen) atoms. The fourth-order valence-corrected chi connectivity index (χ4v) is 2.99. The highest BCUT2D eigenvalue weighted by molar-refractivity contribution is 7.12. The molecule has 0 aliphatic heterocycles. The molecule has 1 aromatic heterocycles. The molecule has 106 valence electrons. The lowest BCUT2D eigenvalue weighted by molar-refractivity contribution is 0.0827. The number of hydrogen-bond acceptors (Lipinski definition) is 3. The van der Waals surface area contributed by atoms with Crippen LogP contribution in [-0.4, -0.2) is 24.9 Å². The summed E-state index contributed by atoms with van der Waals surface area (Å²) in [5.74, 6) is 0.0286. The largest absolute Gasteiger partial charge is 0.381 e. The normalized spacial score (nSPS) is 10.4. The van der Waals surface area contributed by atoms with E-state index in [0.717, 1.165) is 12.2 Å². The molecule has 0 atom stereocenters. The number of amides is 1. The van der Waals surface area contributed by atoms with Crippen molar-refractivity contribution in [2.75, 3.05) is 19.4 Å². The zero-order valence-corrected chi connectivity index (χ0v) is 13.2. The molecule has 1 heterocycles. The van der Waals surface area contributed by atoms with Gasteiger partial charge in [0.15, 0.2) is 0 Å². The fourth-order valence-electron chi connectivity index (χ4n) is 2.05. The maximum atomic E-state index is 11.8. The van der Waals surface area contributed by atoms with Crippen molar-refractivity contribution in [1.82, 2.24) is 4.90 Å². The second kappa shape index (κ2) is 6.09. The number of nitrogens with zero attached hydrogens (tertiary/aromatic N) is 1. The molecular weight excluding hydrogens is 268 g/mol.